The Balaban J connectivity index is 1.79. The molecule has 0 aliphatic heterocycles. The molecule has 0 aliphatic carbocycles. The third kappa shape index (κ3) is 5.10. The maximum Gasteiger partial charge on any atom is 0.0540 e. The van der Waals surface area contributed by atoms with Crippen LogP contribution in [0, 0.1) is 11.8 Å². The molecule has 2 rings (SSSR count). The van der Waals surface area contributed by atoms with Crippen LogP contribution >= 0.6 is 22.7 Å². The number of aliphatic hydroxyl groups is 1. The molecule has 2 heterocycles. The van der Waals surface area contributed by atoms with Crippen molar-refractivity contribution in [1.82, 2.24) is 4.90 Å². The van der Waals surface area contributed by atoms with Crippen LogP contribution in [-0.4, -0.2) is 30.2 Å². The SMILES string of the molecule is CN(CCc1cccs1)Cc1cc(C#CCCO)cs1. The van der Waals surface area contributed by atoms with Crippen LogP contribution in [0.1, 0.15) is 21.7 Å². The van der Waals surface area contributed by atoms with Gasteiger partial charge in [0.25, 0.3) is 0 Å². The lowest BCUT2D eigenvalue weighted by Gasteiger charge is -2.14. The molecule has 0 aromatic carbocycles. The maximum absolute atomic E-state index is 8.70. The quantitative estimate of drug-likeness (QED) is 0.828. The summed E-state index contributed by atoms with van der Waals surface area (Å²) in [6, 6.07) is 6.45. The van der Waals surface area contributed by atoms with Crippen molar-refractivity contribution in [1.29, 1.82) is 0 Å². The van der Waals surface area contributed by atoms with Crippen molar-refractivity contribution in [3.63, 3.8) is 0 Å². The Morgan fingerprint density at radius 2 is 2.20 bits per heavy atom. The summed E-state index contributed by atoms with van der Waals surface area (Å²) in [5.74, 6) is 6.03. The molecule has 1 N–H and O–H groups in total. The van der Waals surface area contributed by atoms with Crippen molar-refractivity contribution in [2.24, 2.45) is 0 Å². The zero-order valence-electron chi connectivity index (χ0n) is 11.6. The first-order chi connectivity index (χ1) is 9.78. The van der Waals surface area contributed by atoms with E-state index in [0.717, 1.165) is 25.1 Å². The van der Waals surface area contributed by atoms with Gasteiger partial charge in [0.15, 0.2) is 0 Å². The van der Waals surface area contributed by atoms with Gasteiger partial charge in [-0.2, -0.15) is 0 Å². The molecule has 106 valence electrons. The van der Waals surface area contributed by atoms with E-state index in [2.05, 4.69) is 52.7 Å². The van der Waals surface area contributed by atoms with Crippen LogP contribution in [0.15, 0.2) is 29.0 Å². The van der Waals surface area contributed by atoms with E-state index in [0.29, 0.717) is 6.42 Å². The summed E-state index contributed by atoms with van der Waals surface area (Å²) in [6.45, 7) is 2.18. The summed E-state index contributed by atoms with van der Waals surface area (Å²) >= 11 is 3.58. The van der Waals surface area contributed by atoms with E-state index in [-0.39, 0.29) is 6.61 Å². The zero-order valence-corrected chi connectivity index (χ0v) is 13.3. The molecule has 0 saturated carbocycles. The van der Waals surface area contributed by atoms with Gasteiger partial charge in [-0.05, 0) is 31.0 Å². The van der Waals surface area contributed by atoms with Crippen LogP contribution in [-0.2, 0) is 13.0 Å². The third-order valence-corrected chi connectivity index (χ3v) is 4.73. The molecule has 0 amide bonds. The summed E-state index contributed by atoms with van der Waals surface area (Å²) in [7, 11) is 2.16. The Hall–Kier alpha value is -1.12. The topological polar surface area (TPSA) is 23.5 Å². The van der Waals surface area contributed by atoms with Gasteiger partial charge in [0.05, 0.1) is 6.61 Å². The average Bonchev–Trinajstić information content (AvgIpc) is 3.08. The van der Waals surface area contributed by atoms with Gasteiger partial charge in [0.2, 0.25) is 0 Å². The van der Waals surface area contributed by atoms with Gasteiger partial charge >= 0.3 is 0 Å². The number of nitrogens with zero attached hydrogens (tertiary/aromatic N) is 1. The van der Waals surface area contributed by atoms with E-state index < -0.39 is 0 Å². The first-order valence-electron chi connectivity index (χ1n) is 6.66. The van der Waals surface area contributed by atoms with Crippen molar-refractivity contribution >= 4 is 22.7 Å². The Labute approximate surface area is 128 Å². The Morgan fingerprint density at radius 3 is 2.95 bits per heavy atom. The number of thiophene rings is 2. The second-order valence-corrected chi connectivity index (χ2v) is 6.67. The molecular formula is C16H19NOS2. The molecule has 0 atom stereocenters. The van der Waals surface area contributed by atoms with Crippen molar-refractivity contribution in [2.45, 2.75) is 19.4 Å². The van der Waals surface area contributed by atoms with E-state index in [1.165, 1.54) is 9.75 Å². The van der Waals surface area contributed by atoms with Gasteiger partial charge in [0.1, 0.15) is 0 Å². The molecular weight excluding hydrogens is 286 g/mol. The Kier molecular flexibility index (Phi) is 6.28. The second kappa shape index (κ2) is 8.23. The molecule has 0 saturated heterocycles. The van der Waals surface area contributed by atoms with Gasteiger partial charge in [0, 0.05) is 40.2 Å². The molecule has 0 aliphatic rings. The van der Waals surface area contributed by atoms with Crippen molar-refractivity contribution in [3.8, 4) is 11.8 Å². The number of hydrogen-bond acceptors (Lipinski definition) is 4. The van der Waals surface area contributed by atoms with Crippen LogP contribution in [0.4, 0.5) is 0 Å². The molecule has 0 spiro atoms. The fourth-order valence-electron chi connectivity index (χ4n) is 1.85. The predicted molar refractivity (Wildman–Crippen MR) is 87.3 cm³/mol. The predicted octanol–water partition coefficient (Wildman–Crippen LogP) is 3.22. The molecule has 2 nitrogen and oxygen atoms in total. The largest absolute Gasteiger partial charge is 0.395 e. The zero-order chi connectivity index (χ0) is 14.2. The van der Waals surface area contributed by atoms with E-state index in [1.54, 1.807) is 11.3 Å². The molecule has 4 heteroatoms. The summed E-state index contributed by atoms with van der Waals surface area (Å²) in [4.78, 5) is 5.13. The van der Waals surface area contributed by atoms with E-state index in [4.69, 9.17) is 5.11 Å². The molecule has 2 aromatic heterocycles. The standard InChI is InChI=1S/C16H19NOS2/c1-17(8-7-15-6-4-10-19-15)12-16-11-14(13-20-16)5-2-3-9-18/h4,6,10-11,13,18H,3,7-9,12H2,1H3. The minimum Gasteiger partial charge on any atom is -0.395 e. The lowest BCUT2D eigenvalue weighted by atomic mass is 10.3. The summed E-state index contributed by atoms with van der Waals surface area (Å²) in [6.07, 6.45) is 1.66. The third-order valence-electron chi connectivity index (χ3n) is 2.87. The fourth-order valence-corrected chi connectivity index (χ4v) is 3.44. The van der Waals surface area contributed by atoms with E-state index in [1.807, 2.05) is 11.3 Å². The molecule has 20 heavy (non-hydrogen) atoms. The summed E-state index contributed by atoms with van der Waals surface area (Å²) < 4.78 is 0. The van der Waals surface area contributed by atoms with Gasteiger partial charge in [-0.1, -0.05) is 17.9 Å². The Morgan fingerprint density at radius 1 is 1.30 bits per heavy atom. The van der Waals surface area contributed by atoms with Crippen molar-refractivity contribution in [3.05, 3.63) is 44.3 Å². The minimum atomic E-state index is 0.134. The second-order valence-electron chi connectivity index (χ2n) is 4.64. The smallest absolute Gasteiger partial charge is 0.0540 e. The lowest BCUT2D eigenvalue weighted by Crippen LogP contribution is -2.19. The van der Waals surface area contributed by atoms with Gasteiger partial charge < -0.3 is 10.0 Å². The van der Waals surface area contributed by atoms with Crippen LogP contribution in [0.2, 0.25) is 0 Å². The normalized spacial score (nSPS) is 10.6. The minimum absolute atomic E-state index is 0.134. The van der Waals surface area contributed by atoms with E-state index in [9.17, 15) is 0 Å². The molecule has 0 radical (unpaired) electrons. The highest BCUT2D eigenvalue weighted by atomic mass is 32.1. The highest BCUT2D eigenvalue weighted by molar-refractivity contribution is 7.10. The molecule has 2 aromatic rings. The molecule has 0 unspecified atom stereocenters. The number of likely N-dealkylation sites (N-methyl/N-ethyl adjacent to an activating group) is 1. The number of rotatable bonds is 6. The van der Waals surface area contributed by atoms with Gasteiger partial charge in [-0.15, -0.1) is 22.7 Å². The van der Waals surface area contributed by atoms with Crippen LogP contribution < -0.4 is 0 Å². The lowest BCUT2D eigenvalue weighted by molar-refractivity contribution is 0.305. The van der Waals surface area contributed by atoms with Crippen LogP contribution in [0.5, 0.6) is 0 Å². The van der Waals surface area contributed by atoms with E-state index >= 15 is 0 Å². The van der Waals surface area contributed by atoms with Crippen molar-refractivity contribution < 1.29 is 5.11 Å². The van der Waals surface area contributed by atoms with Crippen LogP contribution in [0.3, 0.4) is 0 Å². The highest BCUT2D eigenvalue weighted by Gasteiger charge is 2.04. The fraction of sp³-hybridized carbons (Fsp3) is 0.375. The Bertz CT molecular complexity index is 563. The number of aliphatic hydroxyl groups excluding tert-OH is 1. The maximum atomic E-state index is 8.70. The van der Waals surface area contributed by atoms with Crippen molar-refractivity contribution in [2.75, 3.05) is 20.2 Å². The first kappa shape index (κ1) is 15.3. The number of hydrogen-bond donors (Lipinski definition) is 1. The van der Waals surface area contributed by atoms with Gasteiger partial charge in [-0.3, -0.25) is 0 Å². The van der Waals surface area contributed by atoms with Crippen LogP contribution in [0.25, 0.3) is 0 Å². The first-order valence-corrected chi connectivity index (χ1v) is 8.42. The average molecular weight is 305 g/mol. The monoisotopic (exact) mass is 305 g/mol. The summed E-state index contributed by atoms with van der Waals surface area (Å²) in [5, 5.41) is 12.9. The van der Waals surface area contributed by atoms with Gasteiger partial charge in [-0.25, -0.2) is 0 Å². The molecule has 0 bridgehead atoms. The molecule has 0 fully saturated rings. The summed E-state index contributed by atoms with van der Waals surface area (Å²) in [5.41, 5.74) is 1.06. The highest BCUT2D eigenvalue weighted by Crippen LogP contribution is 2.16.